The van der Waals surface area contributed by atoms with Gasteiger partial charge >= 0.3 is 0 Å². The van der Waals surface area contributed by atoms with Crippen LogP contribution in [-0.2, 0) is 9.84 Å². The second kappa shape index (κ2) is 4.67. The van der Waals surface area contributed by atoms with Gasteiger partial charge in [-0.25, -0.2) is 8.42 Å². The van der Waals surface area contributed by atoms with Crippen LogP contribution in [0, 0.1) is 5.92 Å². The van der Waals surface area contributed by atoms with E-state index < -0.39 is 9.84 Å². The molecule has 16 heavy (non-hydrogen) atoms. The van der Waals surface area contributed by atoms with Crippen LogP contribution in [-0.4, -0.2) is 20.5 Å². The summed E-state index contributed by atoms with van der Waals surface area (Å²) in [6.07, 6.45) is 1.12. The van der Waals surface area contributed by atoms with Crippen molar-refractivity contribution in [1.29, 1.82) is 0 Å². The Bertz CT molecular complexity index is 518. The summed E-state index contributed by atoms with van der Waals surface area (Å²) in [4.78, 5) is 11.9. The fourth-order valence-electron chi connectivity index (χ4n) is 1.25. The molecular formula is C11H13BrO3S. The van der Waals surface area contributed by atoms with E-state index >= 15 is 0 Å². The van der Waals surface area contributed by atoms with Crippen LogP contribution in [0.15, 0.2) is 27.6 Å². The number of carbonyl (C=O) groups is 1. The Balaban J connectivity index is 3.35. The maximum absolute atomic E-state index is 11.8. The molecule has 1 aromatic carbocycles. The Labute approximate surface area is 104 Å². The summed E-state index contributed by atoms with van der Waals surface area (Å²) in [6, 6.07) is 4.55. The normalized spacial score (nSPS) is 11.8. The molecule has 0 saturated heterocycles. The molecule has 88 valence electrons. The third kappa shape index (κ3) is 3.15. The molecular weight excluding hydrogens is 292 g/mol. The molecule has 1 rings (SSSR count). The number of Topliss-reactive ketones (excluding diaryl/α,β-unsaturated/α-hetero) is 1. The number of rotatable bonds is 3. The summed E-state index contributed by atoms with van der Waals surface area (Å²) in [5, 5.41) is 0. The van der Waals surface area contributed by atoms with E-state index in [9.17, 15) is 13.2 Å². The van der Waals surface area contributed by atoms with Gasteiger partial charge in [-0.2, -0.15) is 0 Å². The molecule has 0 aromatic heterocycles. The van der Waals surface area contributed by atoms with Crippen molar-refractivity contribution in [2.24, 2.45) is 5.92 Å². The number of carbonyl (C=O) groups excluding carboxylic acids is 1. The predicted octanol–water partition coefficient (Wildman–Crippen LogP) is 2.69. The van der Waals surface area contributed by atoms with Gasteiger partial charge in [0.2, 0.25) is 0 Å². The molecule has 0 bridgehead atoms. The molecule has 1 aromatic rings. The summed E-state index contributed by atoms with van der Waals surface area (Å²) in [5.74, 6) is -0.215. The Morgan fingerprint density at radius 2 is 1.81 bits per heavy atom. The zero-order valence-corrected chi connectivity index (χ0v) is 11.7. The van der Waals surface area contributed by atoms with E-state index in [1.807, 2.05) is 0 Å². The molecule has 0 amide bonds. The summed E-state index contributed by atoms with van der Waals surface area (Å²) < 4.78 is 23.4. The molecule has 0 heterocycles. The first-order chi connectivity index (χ1) is 7.21. The zero-order chi connectivity index (χ0) is 12.5. The summed E-state index contributed by atoms with van der Waals surface area (Å²) in [5.41, 5.74) is 0.421. The van der Waals surface area contributed by atoms with Gasteiger partial charge in [-0.3, -0.25) is 4.79 Å². The molecule has 0 radical (unpaired) electrons. The number of benzene rings is 1. The van der Waals surface area contributed by atoms with Crippen molar-refractivity contribution in [1.82, 2.24) is 0 Å². The predicted molar refractivity (Wildman–Crippen MR) is 66.4 cm³/mol. The first-order valence-electron chi connectivity index (χ1n) is 4.76. The van der Waals surface area contributed by atoms with Gasteiger partial charge in [-0.05, 0) is 18.2 Å². The Kier molecular flexibility index (Phi) is 3.91. The highest BCUT2D eigenvalue weighted by Crippen LogP contribution is 2.21. The van der Waals surface area contributed by atoms with Crippen molar-refractivity contribution in [3.05, 3.63) is 28.2 Å². The van der Waals surface area contributed by atoms with E-state index in [1.54, 1.807) is 19.9 Å². The average molecular weight is 305 g/mol. The molecule has 0 unspecified atom stereocenters. The smallest absolute Gasteiger partial charge is 0.175 e. The number of halogens is 1. The lowest BCUT2D eigenvalue weighted by Crippen LogP contribution is -2.09. The van der Waals surface area contributed by atoms with Gasteiger partial charge in [0.05, 0.1) is 4.90 Å². The van der Waals surface area contributed by atoms with Crippen molar-refractivity contribution >= 4 is 31.6 Å². The maximum Gasteiger partial charge on any atom is 0.175 e. The van der Waals surface area contributed by atoms with Crippen LogP contribution in [0.4, 0.5) is 0 Å². The summed E-state index contributed by atoms with van der Waals surface area (Å²) in [6.45, 7) is 3.56. The van der Waals surface area contributed by atoms with Gasteiger partial charge in [0.1, 0.15) is 0 Å². The lowest BCUT2D eigenvalue weighted by molar-refractivity contribution is 0.0939. The molecule has 0 spiro atoms. The monoisotopic (exact) mass is 304 g/mol. The summed E-state index contributed by atoms with van der Waals surface area (Å²) in [7, 11) is -3.29. The number of ketones is 1. The van der Waals surface area contributed by atoms with Crippen molar-refractivity contribution < 1.29 is 13.2 Å². The molecule has 0 N–H and O–H groups in total. The van der Waals surface area contributed by atoms with Crippen LogP contribution in [0.25, 0.3) is 0 Å². The quantitative estimate of drug-likeness (QED) is 0.807. The fraction of sp³-hybridized carbons (Fsp3) is 0.364. The van der Waals surface area contributed by atoms with E-state index in [2.05, 4.69) is 15.9 Å². The number of sulfone groups is 1. The Morgan fingerprint density at radius 1 is 1.25 bits per heavy atom. The van der Waals surface area contributed by atoms with Gasteiger partial charge in [0.15, 0.2) is 15.6 Å². The van der Waals surface area contributed by atoms with Crippen LogP contribution in [0.1, 0.15) is 24.2 Å². The minimum atomic E-state index is -3.29. The summed E-state index contributed by atoms with van der Waals surface area (Å²) >= 11 is 3.21. The molecule has 5 heteroatoms. The van der Waals surface area contributed by atoms with Crippen molar-refractivity contribution in [2.45, 2.75) is 18.7 Å². The second-order valence-electron chi connectivity index (χ2n) is 3.97. The molecule has 0 saturated carbocycles. The van der Waals surface area contributed by atoms with E-state index in [1.165, 1.54) is 12.1 Å². The van der Waals surface area contributed by atoms with Crippen LogP contribution >= 0.6 is 15.9 Å². The largest absolute Gasteiger partial charge is 0.294 e. The van der Waals surface area contributed by atoms with Crippen LogP contribution in [0.2, 0.25) is 0 Å². The van der Waals surface area contributed by atoms with Gasteiger partial charge < -0.3 is 0 Å². The highest BCUT2D eigenvalue weighted by Gasteiger charge is 2.15. The lowest BCUT2D eigenvalue weighted by atomic mass is 10.0. The highest BCUT2D eigenvalue weighted by atomic mass is 79.9. The van der Waals surface area contributed by atoms with Gasteiger partial charge in [0.25, 0.3) is 0 Å². The van der Waals surface area contributed by atoms with Crippen molar-refractivity contribution in [3.63, 3.8) is 0 Å². The molecule has 3 nitrogen and oxygen atoms in total. The standard InChI is InChI=1S/C11H13BrO3S/c1-7(2)11(13)8-4-9(12)6-10(5-8)16(3,14)15/h4-7H,1-3H3. The molecule has 0 atom stereocenters. The molecule has 0 aliphatic heterocycles. The topological polar surface area (TPSA) is 51.2 Å². The Morgan fingerprint density at radius 3 is 2.25 bits per heavy atom. The first-order valence-corrected chi connectivity index (χ1v) is 7.45. The average Bonchev–Trinajstić information content (AvgIpc) is 2.14. The number of hydrogen-bond donors (Lipinski definition) is 0. The minimum Gasteiger partial charge on any atom is -0.294 e. The van der Waals surface area contributed by atoms with Gasteiger partial charge in [-0.15, -0.1) is 0 Å². The zero-order valence-electron chi connectivity index (χ0n) is 9.32. The second-order valence-corrected chi connectivity index (χ2v) is 6.90. The molecule has 0 aliphatic carbocycles. The van der Waals surface area contributed by atoms with E-state index in [-0.39, 0.29) is 16.6 Å². The van der Waals surface area contributed by atoms with E-state index in [4.69, 9.17) is 0 Å². The van der Waals surface area contributed by atoms with Gasteiger partial charge in [-0.1, -0.05) is 29.8 Å². The maximum atomic E-state index is 11.8. The van der Waals surface area contributed by atoms with Crippen molar-refractivity contribution in [2.75, 3.05) is 6.26 Å². The third-order valence-electron chi connectivity index (χ3n) is 2.11. The van der Waals surface area contributed by atoms with E-state index in [0.29, 0.717) is 10.0 Å². The highest BCUT2D eigenvalue weighted by molar-refractivity contribution is 9.10. The van der Waals surface area contributed by atoms with Crippen LogP contribution in [0.5, 0.6) is 0 Å². The number of hydrogen-bond acceptors (Lipinski definition) is 3. The SMILES string of the molecule is CC(C)C(=O)c1cc(Br)cc(S(C)(=O)=O)c1. The fourth-order valence-corrected chi connectivity index (χ4v) is 2.58. The van der Waals surface area contributed by atoms with Crippen LogP contribution < -0.4 is 0 Å². The molecule has 0 fully saturated rings. The lowest BCUT2D eigenvalue weighted by Gasteiger charge is -2.07. The van der Waals surface area contributed by atoms with E-state index in [0.717, 1.165) is 6.26 Å². The Hall–Kier alpha value is -0.680. The third-order valence-corrected chi connectivity index (χ3v) is 3.66. The van der Waals surface area contributed by atoms with Crippen molar-refractivity contribution in [3.8, 4) is 0 Å². The first kappa shape index (κ1) is 13.4. The van der Waals surface area contributed by atoms with Gasteiger partial charge in [0, 0.05) is 22.2 Å². The minimum absolute atomic E-state index is 0.0637. The molecule has 0 aliphatic rings. The van der Waals surface area contributed by atoms with Crippen LogP contribution in [0.3, 0.4) is 0 Å².